The highest BCUT2D eigenvalue weighted by atomic mass is 19.1. The Hall–Kier alpha value is -3.94. The van der Waals surface area contributed by atoms with Crippen molar-refractivity contribution < 1.29 is 18.3 Å². The maximum absolute atomic E-state index is 13.0. The summed E-state index contributed by atoms with van der Waals surface area (Å²) in [6.07, 6.45) is 1.49. The number of aromatic nitrogens is 3. The Kier molecular flexibility index (Phi) is 5.56. The molecule has 0 fully saturated rings. The molecule has 4 aromatic rings. The van der Waals surface area contributed by atoms with Gasteiger partial charge in [0.05, 0.1) is 6.54 Å². The van der Waals surface area contributed by atoms with Crippen molar-refractivity contribution >= 4 is 11.9 Å². The van der Waals surface area contributed by atoms with Crippen molar-refractivity contribution in [2.45, 2.75) is 20.1 Å². The molecular formula is C22H19FN4O3. The molecule has 2 aromatic heterocycles. The number of hydrogen-bond donors (Lipinski definition) is 1. The van der Waals surface area contributed by atoms with Gasteiger partial charge in [-0.15, -0.1) is 5.10 Å². The highest BCUT2D eigenvalue weighted by Crippen LogP contribution is 2.16. The van der Waals surface area contributed by atoms with Gasteiger partial charge in [0.1, 0.15) is 30.3 Å². The third-order valence-electron chi connectivity index (χ3n) is 4.28. The minimum absolute atomic E-state index is 0.132. The first kappa shape index (κ1) is 19.4. The zero-order valence-corrected chi connectivity index (χ0v) is 16.2. The van der Waals surface area contributed by atoms with E-state index in [0.717, 1.165) is 16.9 Å². The lowest BCUT2D eigenvalue weighted by molar-refractivity contribution is 0.0991. The van der Waals surface area contributed by atoms with Gasteiger partial charge in [0, 0.05) is 0 Å². The number of furan rings is 1. The van der Waals surface area contributed by atoms with Crippen LogP contribution >= 0.6 is 0 Å². The summed E-state index contributed by atoms with van der Waals surface area (Å²) in [4.78, 5) is 16.4. The van der Waals surface area contributed by atoms with Crippen molar-refractivity contribution in [1.29, 1.82) is 0 Å². The molecule has 0 aliphatic heterocycles. The van der Waals surface area contributed by atoms with E-state index >= 15 is 0 Å². The number of carbonyl (C=O) groups is 1. The molecule has 30 heavy (non-hydrogen) atoms. The zero-order chi connectivity index (χ0) is 20.9. The lowest BCUT2D eigenvalue weighted by Crippen LogP contribution is -2.12. The Morgan fingerprint density at radius 2 is 2.00 bits per heavy atom. The van der Waals surface area contributed by atoms with Gasteiger partial charge in [-0.25, -0.2) is 14.1 Å². The lowest BCUT2D eigenvalue weighted by Gasteiger charge is -2.04. The Bertz CT molecular complexity index is 1150. The van der Waals surface area contributed by atoms with Gasteiger partial charge in [-0.05, 0) is 54.4 Å². The van der Waals surface area contributed by atoms with Crippen LogP contribution in [0.4, 0.5) is 10.3 Å². The second-order valence-corrected chi connectivity index (χ2v) is 6.72. The second-order valence-electron chi connectivity index (χ2n) is 6.72. The fourth-order valence-corrected chi connectivity index (χ4v) is 2.81. The first-order chi connectivity index (χ1) is 14.5. The molecule has 2 aromatic carbocycles. The van der Waals surface area contributed by atoms with Crippen LogP contribution in [0.2, 0.25) is 0 Å². The average Bonchev–Trinajstić information content (AvgIpc) is 3.38. The number of aryl methyl sites for hydroxylation is 1. The molecule has 152 valence electrons. The molecule has 0 spiro atoms. The maximum atomic E-state index is 13.0. The van der Waals surface area contributed by atoms with Crippen molar-refractivity contribution in [3.05, 3.63) is 95.5 Å². The van der Waals surface area contributed by atoms with Crippen molar-refractivity contribution in [1.82, 2.24) is 14.8 Å². The first-order valence-corrected chi connectivity index (χ1v) is 9.28. The van der Waals surface area contributed by atoms with Crippen LogP contribution in [0, 0.1) is 12.7 Å². The molecule has 0 aliphatic carbocycles. The predicted octanol–water partition coefficient (Wildman–Crippen LogP) is 4.20. The number of anilines is 1. The van der Waals surface area contributed by atoms with E-state index < -0.39 is 5.91 Å². The number of nitrogens with zero attached hydrogens (tertiary/aromatic N) is 3. The Labute approximate surface area is 172 Å². The summed E-state index contributed by atoms with van der Waals surface area (Å²) in [7, 11) is 0. The van der Waals surface area contributed by atoms with Crippen LogP contribution in [0.5, 0.6) is 5.75 Å². The molecule has 4 rings (SSSR count). The molecule has 0 unspecified atom stereocenters. The minimum Gasteiger partial charge on any atom is -0.486 e. The van der Waals surface area contributed by atoms with Gasteiger partial charge in [-0.1, -0.05) is 24.3 Å². The smallest absolute Gasteiger partial charge is 0.293 e. The van der Waals surface area contributed by atoms with E-state index in [1.807, 2.05) is 31.2 Å². The maximum Gasteiger partial charge on any atom is 0.293 e. The van der Waals surface area contributed by atoms with Gasteiger partial charge >= 0.3 is 0 Å². The molecule has 1 N–H and O–H groups in total. The normalized spacial score (nSPS) is 10.7. The summed E-state index contributed by atoms with van der Waals surface area (Å²) in [5, 5.41) is 6.79. The fourth-order valence-electron chi connectivity index (χ4n) is 2.81. The standard InChI is InChI=1S/C22H19FN4O3/c1-15-3-2-4-18(11-15)29-13-19-9-10-20(30-19)21(28)25-22-24-14-27(26-22)12-16-5-7-17(23)8-6-16/h2-11,14H,12-13H2,1H3,(H,25,26,28). The SMILES string of the molecule is Cc1cccc(OCc2ccc(C(=O)Nc3ncn(Cc4ccc(F)cc4)n3)o2)c1. The van der Waals surface area contributed by atoms with Crippen LogP contribution in [0.3, 0.4) is 0 Å². The first-order valence-electron chi connectivity index (χ1n) is 9.28. The summed E-state index contributed by atoms with van der Waals surface area (Å²) >= 11 is 0. The number of ether oxygens (including phenoxy) is 1. The topological polar surface area (TPSA) is 82.2 Å². The highest BCUT2D eigenvalue weighted by Gasteiger charge is 2.14. The number of amides is 1. The highest BCUT2D eigenvalue weighted by molar-refractivity contribution is 6.01. The van der Waals surface area contributed by atoms with Gasteiger partial charge in [0.15, 0.2) is 5.76 Å². The third-order valence-corrected chi connectivity index (χ3v) is 4.28. The molecule has 7 nitrogen and oxygen atoms in total. The van der Waals surface area contributed by atoms with E-state index in [1.54, 1.807) is 28.9 Å². The predicted molar refractivity (Wildman–Crippen MR) is 108 cm³/mol. The Morgan fingerprint density at radius 1 is 1.17 bits per heavy atom. The Balaban J connectivity index is 1.33. The summed E-state index contributed by atoms with van der Waals surface area (Å²) < 4.78 is 25.8. The number of rotatable bonds is 7. The molecule has 0 bridgehead atoms. The molecule has 0 atom stereocenters. The van der Waals surface area contributed by atoms with Gasteiger partial charge in [0.2, 0.25) is 5.95 Å². The van der Waals surface area contributed by atoms with Crippen LogP contribution in [-0.2, 0) is 13.2 Å². The lowest BCUT2D eigenvalue weighted by atomic mass is 10.2. The van der Waals surface area contributed by atoms with Gasteiger partial charge in [0.25, 0.3) is 5.91 Å². The van der Waals surface area contributed by atoms with Crippen LogP contribution in [0.25, 0.3) is 0 Å². The van der Waals surface area contributed by atoms with Crippen molar-refractivity contribution in [3.8, 4) is 5.75 Å². The fraction of sp³-hybridized carbons (Fsp3) is 0.136. The summed E-state index contributed by atoms with van der Waals surface area (Å²) in [5.74, 6) is 0.775. The Morgan fingerprint density at radius 3 is 2.80 bits per heavy atom. The van der Waals surface area contributed by atoms with Crippen LogP contribution in [0.1, 0.15) is 27.4 Å². The summed E-state index contributed by atoms with van der Waals surface area (Å²) in [5.41, 5.74) is 1.96. The second kappa shape index (κ2) is 8.60. The molecule has 0 saturated carbocycles. The van der Waals surface area contributed by atoms with Crippen LogP contribution in [-0.4, -0.2) is 20.7 Å². The monoisotopic (exact) mass is 406 g/mol. The van der Waals surface area contributed by atoms with Crippen LogP contribution < -0.4 is 10.1 Å². The molecule has 0 saturated heterocycles. The van der Waals surface area contributed by atoms with Gasteiger partial charge in [-0.2, -0.15) is 0 Å². The molecule has 1 amide bonds. The minimum atomic E-state index is -0.462. The molecular weight excluding hydrogens is 387 g/mol. The van der Waals surface area contributed by atoms with Gasteiger partial charge < -0.3 is 9.15 Å². The molecule has 2 heterocycles. The van der Waals surface area contributed by atoms with Crippen LogP contribution in [0.15, 0.2) is 71.4 Å². The van der Waals surface area contributed by atoms with Crippen molar-refractivity contribution in [2.24, 2.45) is 0 Å². The van der Waals surface area contributed by atoms with E-state index in [-0.39, 0.29) is 24.1 Å². The number of carbonyl (C=O) groups excluding carboxylic acids is 1. The third kappa shape index (κ3) is 4.91. The van der Waals surface area contributed by atoms with Gasteiger partial charge in [-0.3, -0.25) is 10.1 Å². The number of nitrogens with one attached hydrogen (secondary N) is 1. The number of benzene rings is 2. The largest absolute Gasteiger partial charge is 0.486 e. The quantitative estimate of drug-likeness (QED) is 0.497. The number of halogens is 1. The molecule has 0 radical (unpaired) electrons. The van der Waals surface area contributed by atoms with E-state index in [9.17, 15) is 9.18 Å². The average molecular weight is 406 g/mol. The number of hydrogen-bond acceptors (Lipinski definition) is 5. The summed E-state index contributed by atoms with van der Waals surface area (Å²) in [6.45, 7) is 2.60. The van der Waals surface area contributed by atoms with E-state index in [1.165, 1.54) is 18.5 Å². The summed E-state index contributed by atoms with van der Waals surface area (Å²) in [6, 6.07) is 17.0. The van der Waals surface area contributed by atoms with E-state index in [0.29, 0.717) is 12.3 Å². The van der Waals surface area contributed by atoms with E-state index in [4.69, 9.17) is 9.15 Å². The molecule has 8 heteroatoms. The molecule has 0 aliphatic rings. The van der Waals surface area contributed by atoms with Crippen molar-refractivity contribution in [3.63, 3.8) is 0 Å². The van der Waals surface area contributed by atoms with Crippen molar-refractivity contribution in [2.75, 3.05) is 5.32 Å². The van der Waals surface area contributed by atoms with E-state index in [2.05, 4.69) is 15.4 Å². The zero-order valence-electron chi connectivity index (χ0n) is 16.2.